The lowest BCUT2D eigenvalue weighted by Crippen LogP contribution is -2.36. The van der Waals surface area contributed by atoms with Crippen LogP contribution in [0.25, 0.3) is 0 Å². The molecular formula is C17H30N2. The van der Waals surface area contributed by atoms with Crippen LogP contribution in [-0.2, 0) is 6.42 Å². The first kappa shape index (κ1) is 16.2. The van der Waals surface area contributed by atoms with Crippen molar-refractivity contribution in [3.05, 3.63) is 35.4 Å². The fourth-order valence-corrected chi connectivity index (χ4v) is 2.48. The van der Waals surface area contributed by atoms with Crippen molar-refractivity contribution in [1.82, 2.24) is 4.90 Å². The van der Waals surface area contributed by atoms with Crippen LogP contribution >= 0.6 is 0 Å². The largest absolute Gasteiger partial charge is 0.329 e. The zero-order valence-corrected chi connectivity index (χ0v) is 13.0. The molecule has 108 valence electrons. The molecular weight excluding hydrogens is 232 g/mol. The van der Waals surface area contributed by atoms with Crippen molar-refractivity contribution in [2.45, 2.75) is 46.6 Å². The zero-order valence-electron chi connectivity index (χ0n) is 13.0. The third-order valence-electron chi connectivity index (χ3n) is 4.09. The summed E-state index contributed by atoms with van der Waals surface area (Å²) in [6, 6.07) is 9.31. The molecule has 1 aromatic carbocycles. The summed E-state index contributed by atoms with van der Waals surface area (Å²) < 4.78 is 0. The van der Waals surface area contributed by atoms with Gasteiger partial charge in [-0.3, -0.25) is 4.90 Å². The van der Waals surface area contributed by atoms with Crippen molar-refractivity contribution < 1.29 is 0 Å². The van der Waals surface area contributed by atoms with E-state index in [1.54, 1.807) is 0 Å². The standard InChI is InChI=1S/C17H30N2/c1-5-14(4)13-19(7-3)17(12-18)16-10-8-15(6-2)9-11-16/h8-11,14,17H,5-7,12-13,18H2,1-4H3. The molecule has 2 atom stereocenters. The van der Waals surface area contributed by atoms with E-state index in [9.17, 15) is 0 Å². The molecule has 2 heteroatoms. The van der Waals surface area contributed by atoms with E-state index in [0.29, 0.717) is 12.6 Å². The third kappa shape index (κ3) is 4.63. The van der Waals surface area contributed by atoms with E-state index in [-0.39, 0.29) is 0 Å². The van der Waals surface area contributed by atoms with Gasteiger partial charge in [0.1, 0.15) is 0 Å². The Morgan fingerprint density at radius 1 is 1.11 bits per heavy atom. The second-order valence-corrected chi connectivity index (χ2v) is 5.45. The lowest BCUT2D eigenvalue weighted by atomic mass is 10.0. The molecule has 0 bridgehead atoms. The molecule has 2 nitrogen and oxygen atoms in total. The monoisotopic (exact) mass is 262 g/mol. The van der Waals surface area contributed by atoms with Crippen LogP contribution in [0, 0.1) is 5.92 Å². The van der Waals surface area contributed by atoms with Gasteiger partial charge in [-0.05, 0) is 30.0 Å². The van der Waals surface area contributed by atoms with Gasteiger partial charge in [-0.1, -0.05) is 58.4 Å². The summed E-state index contributed by atoms with van der Waals surface area (Å²) in [7, 11) is 0. The molecule has 0 aromatic heterocycles. The maximum Gasteiger partial charge on any atom is 0.0470 e. The molecule has 0 fully saturated rings. The first-order chi connectivity index (χ1) is 9.15. The predicted octanol–water partition coefficient (Wildman–Crippen LogP) is 3.62. The third-order valence-corrected chi connectivity index (χ3v) is 4.09. The van der Waals surface area contributed by atoms with Crippen LogP contribution < -0.4 is 5.73 Å². The van der Waals surface area contributed by atoms with E-state index in [4.69, 9.17) is 5.73 Å². The number of nitrogens with zero attached hydrogens (tertiary/aromatic N) is 1. The van der Waals surface area contributed by atoms with Gasteiger partial charge < -0.3 is 5.73 Å². The van der Waals surface area contributed by atoms with Gasteiger partial charge in [-0.2, -0.15) is 0 Å². The summed E-state index contributed by atoms with van der Waals surface area (Å²) in [6.45, 7) is 11.9. The van der Waals surface area contributed by atoms with Crippen LogP contribution in [0.4, 0.5) is 0 Å². The van der Waals surface area contributed by atoms with E-state index in [2.05, 4.69) is 56.9 Å². The Labute approximate surface area is 119 Å². The smallest absolute Gasteiger partial charge is 0.0470 e. The number of aryl methyl sites for hydroxylation is 1. The van der Waals surface area contributed by atoms with Crippen LogP contribution in [0.15, 0.2) is 24.3 Å². The molecule has 0 amide bonds. The van der Waals surface area contributed by atoms with Crippen LogP contribution in [0.5, 0.6) is 0 Å². The zero-order chi connectivity index (χ0) is 14.3. The first-order valence-corrected chi connectivity index (χ1v) is 7.69. The highest BCUT2D eigenvalue weighted by Gasteiger charge is 2.19. The summed E-state index contributed by atoms with van der Waals surface area (Å²) in [5.74, 6) is 0.726. The SMILES string of the molecule is CCc1ccc(C(CN)N(CC)CC(C)CC)cc1. The lowest BCUT2D eigenvalue weighted by molar-refractivity contribution is 0.182. The summed E-state index contributed by atoms with van der Waals surface area (Å²) in [5, 5.41) is 0. The fourth-order valence-electron chi connectivity index (χ4n) is 2.48. The summed E-state index contributed by atoms with van der Waals surface area (Å²) >= 11 is 0. The Balaban J connectivity index is 2.83. The van der Waals surface area contributed by atoms with Crippen LogP contribution in [-0.4, -0.2) is 24.5 Å². The maximum atomic E-state index is 6.03. The van der Waals surface area contributed by atoms with Gasteiger partial charge in [0.2, 0.25) is 0 Å². The number of benzene rings is 1. The summed E-state index contributed by atoms with van der Waals surface area (Å²) in [4.78, 5) is 2.51. The van der Waals surface area contributed by atoms with E-state index < -0.39 is 0 Å². The summed E-state index contributed by atoms with van der Waals surface area (Å²) in [5.41, 5.74) is 8.77. The molecule has 1 aromatic rings. The van der Waals surface area contributed by atoms with Crippen LogP contribution in [0.1, 0.15) is 51.3 Å². The summed E-state index contributed by atoms with van der Waals surface area (Å²) in [6.07, 6.45) is 2.32. The minimum atomic E-state index is 0.352. The Morgan fingerprint density at radius 3 is 2.16 bits per heavy atom. The highest BCUT2D eigenvalue weighted by molar-refractivity contribution is 5.25. The molecule has 2 N–H and O–H groups in total. The Bertz CT molecular complexity index is 345. The molecule has 0 saturated carbocycles. The minimum absolute atomic E-state index is 0.352. The molecule has 19 heavy (non-hydrogen) atoms. The number of hydrogen-bond donors (Lipinski definition) is 1. The average molecular weight is 262 g/mol. The minimum Gasteiger partial charge on any atom is -0.329 e. The quantitative estimate of drug-likeness (QED) is 0.775. The van der Waals surface area contributed by atoms with E-state index in [1.165, 1.54) is 17.5 Å². The number of likely N-dealkylation sites (N-methyl/N-ethyl adjacent to an activating group) is 1. The van der Waals surface area contributed by atoms with Crippen molar-refractivity contribution in [3.63, 3.8) is 0 Å². The van der Waals surface area contributed by atoms with Crippen molar-refractivity contribution >= 4 is 0 Å². The van der Waals surface area contributed by atoms with Crippen molar-refractivity contribution in [3.8, 4) is 0 Å². The maximum absolute atomic E-state index is 6.03. The van der Waals surface area contributed by atoms with Gasteiger partial charge in [0.25, 0.3) is 0 Å². The van der Waals surface area contributed by atoms with Gasteiger partial charge in [0, 0.05) is 19.1 Å². The van der Waals surface area contributed by atoms with Gasteiger partial charge in [0.15, 0.2) is 0 Å². The van der Waals surface area contributed by atoms with Gasteiger partial charge in [-0.25, -0.2) is 0 Å². The Kier molecular flexibility index (Phi) is 7.11. The van der Waals surface area contributed by atoms with Crippen molar-refractivity contribution in [2.24, 2.45) is 11.7 Å². The molecule has 2 unspecified atom stereocenters. The van der Waals surface area contributed by atoms with Crippen molar-refractivity contribution in [1.29, 1.82) is 0 Å². The second kappa shape index (κ2) is 8.34. The lowest BCUT2D eigenvalue weighted by Gasteiger charge is -2.32. The molecule has 0 spiro atoms. The second-order valence-electron chi connectivity index (χ2n) is 5.45. The highest BCUT2D eigenvalue weighted by atomic mass is 15.2. The van der Waals surface area contributed by atoms with Crippen molar-refractivity contribution in [2.75, 3.05) is 19.6 Å². The highest BCUT2D eigenvalue weighted by Crippen LogP contribution is 2.22. The van der Waals surface area contributed by atoms with Gasteiger partial charge in [0.05, 0.1) is 0 Å². The molecule has 0 radical (unpaired) electrons. The topological polar surface area (TPSA) is 29.3 Å². The van der Waals surface area contributed by atoms with Crippen LogP contribution in [0.2, 0.25) is 0 Å². The number of hydrogen-bond acceptors (Lipinski definition) is 2. The fraction of sp³-hybridized carbons (Fsp3) is 0.647. The Hall–Kier alpha value is -0.860. The van der Waals surface area contributed by atoms with E-state index >= 15 is 0 Å². The molecule has 0 aliphatic rings. The average Bonchev–Trinajstić information content (AvgIpc) is 2.47. The molecule has 0 aliphatic carbocycles. The van der Waals surface area contributed by atoms with Crippen LogP contribution in [0.3, 0.4) is 0 Å². The van der Waals surface area contributed by atoms with Gasteiger partial charge in [-0.15, -0.1) is 0 Å². The van der Waals surface area contributed by atoms with Gasteiger partial charge >= 0.3 is 0 Å². The number of nitrogens with two attached hydrogens (primary N) is 1. The first-order valence-electron chi connectivity index (χ1n) is 7.69. The predicted molar refractivity (Wildman–Crippen MR) is 84.3 cm³/mol. The normalized spacial score (nSPS) is 14.6. The number of rotatable bonds is 8. The Morgan fingerprint density at radius 2 is 1.74 bits per heavy atom. The van der Waals surface area contributed by atoms with E-state index in [1.807, 2.05) is 0 Å². The van der Waals surface area contributed by atoms with E-state index in [0.717, 1.165) is 25.4 Å². The molecule has 0 aliphatic heterocycles. The molecule has 0 heterocycles. The molecule has 0 saturated heterocycles. The molecule has 1 rings (SSSR count).